The number of nitrogens with one attached hydrogen (secondary N) is 1. The fraction of sp³-hybridized carbons (Fsp3) is 0.333. The van der Waals surface area contributed by atoms with Gasteiger partial charge in [-0.1, -0.05) is 30.3 Å². The molecule has 3 rings (SSSR count). The molecule has 2 amide bonds. The summed E-state index contributed by atoms with van der Waals surface area (Å²) in [7, 11) is -0.608. The Labute approximate surface area is 171 Å². The Morgan fingerprint density at radius 2 is 1.76 bits per heavy atom. The number of carbonyl (C=O) groups excluding carboxylic acids is 2. The lowest BCUT2D eigenvalue weighted by molar-refractivity contribution is -0.128. The van der Waals surface area contributed by atoms with Crippen molar-refractivity contribution >= 4 is 21.8 Å². The normalized spacial score (nSPS) is 17.0. The lowest BCUT2D eigenvalue weighted by Gasteiger charge is -2.17. The molecule has 154 valence electrons. The number of hydrogen-bond acceptors (Lipinski definition) is 4. The van der Waals surface area contributed by atoms with E-state index < -0.39 is 10.0 Å². The number of benzene rings is 2. The molecule has 0 radical (unpaired) electrons. The summed E-state index contributed by atoms with van der Waals surface area (Å²) in [4.78, 5) is 26.6. The van der Waals surface area contributed by atoms with Gasteiger partial charge in [0.2, 0.25) is 15.9 Å². The second-order valence-corrected chi connectivity index (χ2v) is 9.50. The Morgan fingerprint density at radius 1 is 1.10 bits per heavy atom. The van der Waals surface area contributed by atoms with E-state index in [1.165, 1.54) is 38.4 Å². The van der Waals surface area contributed by atoms with E-state index in [0.29, 0.717) is 31.6 Å². The summed E-state index contributed by atoms with van der Waals surface area (Å²) in [5, 5.41) is 2.85. The van der Waals surface area contributed by atoms with Crippen LogP contribution in [-0.4, -0.2) is 56.6 Å². The van der Waals surface area contributed by atoms with Crippen LogP contribution in [0.15, 0.2) is 59.5 Å². The minimum Gasteiger partial charge on any atom is -0.352 e. The second-order valence-electron chi connectivity index (χ2n) is 7.35. The van der Waals surface area contributed by atoms with Crippen LogP contribution in [0, 0.1) is 5.92 Å². The third-order valence-corrected chi connectivity index (χ3v) is 6.79. The minimum atomic E-state index is -3.52. The summed E-state index contributed by atoms with van der Waals surface area (Å²) in [5.74, 6) is -0.136. The van der Waals surface area contributed by atoms with Gasteiger partial charge in [0.1, 0.15) is 0 Å². The zero-order valence-electron chi connectivity index (χ0n) is 16.5. The van der Waals surface area contributed by atoms with Crippen molar-refractivity contribution in [2.75, 3.05) is 27.2 Å². The van der Waals surface area contributed by atoms with Crippen molar-refractivity contribution in [1.82, 2.24) is 14.5 Å². The highest BCUT2D eigenvalue weighted by atomic mass is 32.2. The van der Waals surface area contributed by atoms with E-state index in [1.807, 2.05) is 35.2 Å². The Bertz CT molecular complexity index is 973. The molecule has 0 saturated carbocycles. The predicted octanol–water partition coefficient (Wildman–Crippen LogP) is 1.72. The Morgan fingerprint density at radius 3 is 2.38 bits per heavy atom. The van der Waals surface area contributed by atoms with Gasteiger partial charge in [-0.25, -0.2) is 12.7 Å². The molecule has 7 nitrogen and oxygen atoms in total. The van der Waals surface area contributed by atoms with Crippen LogP contribution in [-0.2, 0) is 21.4 Å². The molecule has 0 aliphatic carbocycles. The zero-order valence-corrected chi connectivity index (χ0v) is 17.4. The number of hydrogen-bond donors (Lipinski definition) is 1. The fourth-order valence-electron chi connectivity index (χ4n) is 3.28. The SMILES string of the molecule is CN(C)S(=O)(=O)c1ccc(C(=O)NCC2CC(=O)N(Cc3ccccc3)C2)cc1. The predicted molar refractivity (Wildman–Crippen MR) is 110 cm³/mol. The molecule has 0 bridgehead atoms. The van der Waals surface area contributed by atoms with E-state index in [-0.39, 0.29) is 22.6 Å². The maximum absolute atomic E-state index is 12.4. The third kappa shape index (κ3) is 5.02. The van der Waals surface area contributed by atoms with Crippen molar-refractivity contribution < 1.29 is 18.0 Å². The van der Waals surface area contributed by atoms with Gasteiger partial charge >= 0.3 is 0 Å². The van der Waals surface area contributed by atoms with Crippen LogP contribution in [0.25, 0.3) is 0 Å². The fourth-order valence-corrected chi connectivity index (χ4v) is 4.18. The molecule has 0 spiro atoms. The number of nitrogens with zero attached hydrogens (tertiary/aromatic N) is 2. The molecule has 2 aromatic rings. The van der Waals surface area contributed by atoms with Gasteiger partial charge in [-0.2, -0.15) is 0 Å². The first kappa shape index (κ1) is 21.0. The molecule has 1 fully saturated rings. The smallest absolute Gasteiger partial charge is 0.251 e. The number of likely N-dealkylation sites (tertiary alicyclic amines) is 1. The number of sulfonamides is 1. The van der Waals surface area contributed by atoms with Gasteiger partial charge < -0.3 is 10.2 Å². The summed E-state index contributed by atoms with van der Waals surface area (Å²) in [6.45, 7) is 1.58. The molecule has 29 heavy (non-hydrogen) atoms. The van der Waals surface area contributed by atoms with E-state index in [4.69, 9.17) is 0 Å². The topological polar surface area (TPSA) is 86.8 Å². The monoisotopic (exact) mass is 415 g/mol. The molecule has 0 aromatic heterocycles. The maximum atomic E-state index is 12.4. The zero-order chi connectivity index (χ0) is 21.0. The molecular formula is C21H25N3O4S. The molecule has 1 atom stereocenters. The van der Waals surface area contributed by atoms with Crippen LogP contribution >= 0.6 is 0 Å². The van der Waals surface area contributed by atoms with Gasteiger partial charge in [-0.3, -0.25) is 9.59 Å². The van der Waals surface area contributed by atoms with Gasteiger partial charge in [-0.15, -0.1) is 0 Å². The van der Waals surface area contributed by atoms with Crippen molar-refractivity contribution in [2.24, 2.45) is 5.92 Å². The first-order valence-corrected chi connectivity index (χ1v) is 10.8. The summed E-state index contributed by atoms with van der Waals surface area (Å²) in [6, 6.07) is 15.6. The molecule has 1 N–H and O–H groups in total. The third-order valence-electron chi connectivity index (χ3n) is 4.96. The first-order valence-electron chi connectivity index (χ1n) is 9.40. The van der Waals surface area contributed by atoms with Crippen LogP contribution in [0.2, 0.25) is 0 Å². The lowest BCUT2D eigenvalue weighted by Crippen LogP contribution is -2.31. The van der Waals surface area contributed by atoms with Gasteiger partial charge in [0.05, 0.1) is 4.90 Å². The summed E-state index contributed by atoms with van der Waals surface area (Å²) >= 11 is 0. The number of rotatable bonds is 7. The van der Waals surface area contributed by atoms with Crippen LogP contribution in [0.4, 0.5) is 0 Å². The molecule has 1 aliphatic heterocycles. The van der Waals surface area contributed by atoms with Crippen LogP contribution < -0.4 is 5.32 Å². The van der Waals surface area contributed by atoms with Crippen molar-refractivity contribution in [3.8, 4) is 0 Å². The maximum Gasteiger partial charge on any atom is 0.251 e. The molecule has 1 heterocycles. The van der Waals surface area contributed by atoms with E-state index in [9.17, 15) is 18.0 Å². The summed E-state index contributed by atoms with van der Waals surface area (Å²) in [6.07, 6.45) is 0.410. The molecule has 1 saturated heterocycles. The standard InChI is InChI=1S/C21H25N3O4S/c1-23(2)29(27,28)19-10-8-18(9-11-19)21(26)22-13-17-12-20(25)24(15-17)14-16-6-4-3-5-7-16/h3-11,17H,12-15H2,1-2H3,(H,22,26). The average molecular weight is 416 g/mol. The van der Waals surface area contributed by atoms with E-state index >= 15 is 0 Å². The lowest BCUT2D eigenvalue weighted by atomic mass is 10.1. The van der Waals surface area contributed by atoms with Crippen molar-refractivity contribution in [3.05, 3.63) is 65.7 Å². The van der Waals surface area contributed by atoms with E-state index in [2.05, 4.69) is 5.32 Å². The van der Waals surface area contributed by atoms with Gasteiger partial charge in [0, 0.05) is 51.6 Å². The first-order chi connectivity index (χ1) is 13.8. The molecular weight excluding hydrogens is 390 g/mol. The highest BCUT2D eigenvalue weighted by Gasteiger charge is 2.29. The van der Waals surface area contributed by atoms with Crippen LogP contribution in [0.3, 0.4) is 0 Å². The Hall–Kier alpha value is -2.71. The molecule has 1 unspecified atom stereocenters. The summed E-state index contributed by atoms with van der Waals surface area (Å²) < 4.78 is 25.3. The van der Waals surface area contributed by atoms with E-state index in [1.54, 1.807) is 0 Å². The van der Waals surface area contributed by atoms with Crippen LogP contribution in [0.5, 0.6) is 0 Å². The average Bonchev–Trinajstić information content (AvgIpc) is 3.06. The number of carbonyl (C=O) groups is 2. The quantitative estimate of drug-likeness (QED) is 0.746. The van der Waals surface area contributed by atoms with Crippen molar-refractivity contribution in [2.45, 2.75) is 17.9 Å². The minimum absolute atomic E-state index is 0.0588. The van der Waals surface area contributed by atoms with Gasteiger partial charge in [0.15, 0.2) is 0 Å². The van der Waals surface area contributed by atoms with Crippen LogP contribution in [0.1, 0.15) is 22.3 Å². The second kappa shape index (κ2) is 8.75. The van der Waals surface area contributed by atoms with Crippen molar-refractivity contribution in [3.63, 3.8) is 0 Å². The highest BCUT2D eigenvalue weighted by Crippen LogP contribution is 2.20. The van der Waals surface area contributed by atoms with Gasteiger partial charge in [-0.05, 0) is 29.8 Å². The molecule has 8 heteroatoms. The van der Waals surface area contributed by atoms with Gasteiger partial charge in [0.25, 0.3) is 5.91 Å². The van der Waals surface area contributed by atoms with Crippen molar-refractivity contribution in [1.29, 1.82) is 0 Å². The highest BCUT2D eigenvalue weighted by molar-refractivity contribution is 7.89. The largest absolute Gasteiger partial charge is 0.352 e. The molecule has 2 aromatic carbocycles. The summed E-state index contributed by atoms with van der Waals surface area (Å²) in [5.41, 5.74) is 1.46. The molecule has 1 aliphatic rings. The Balaban J connectivity index is 1.54. The number of amides is 2. The van der Waals surface area contributed by atoms with E-state index in [0.717, 1.165) is 9.87 Å². The Kier molecular flexibility index (Phi) is 6.34.